The summed E-state index contributed by atoms with van der Waals surface area (Å²) in [6.45, 7) is 5.73. The van der Waals surface area contributed by atoms with Crippen molar-refractivity contribution in [1.29, 1.82) is 0 Å². The monoisotopic (exact) mass is 378 g/mol. The van der Waals surface area contributed by atoms with Crippen LogP contribution in [0.25, 0.3) is 0 Å². The molecule has 0 bridgehead atoms. The molecule has 0 atom stereocenters. The fourth-order valence-electron chi connectivity index (χ4n) is 3.24. The molecule has 0 saturated carbocycles. The Morgan fingerprint density at radius 1 is 1.27 bits per heavy atom. The molecule has 1 saturated heterocycles. The quantitative estimate of drug-likeness (QED) is 0.770. The number of hydrogen-bond donors (Lipinski definition) is 0. The molecule has 3 rings (SSSR count). The van der Waals surface area contributed by atoms with Gasteiger partial charge in [-0.15, -0.1) is 5.10 Å². The second-order valence-corrected chi connectivity index (χ2v) is 9.07. The first-order valence-electron chi connectivity index (χ1n) is 8.92. The molecule has 26 heavy (non-hydrogen) atoms. The number of piperidine rings is 1. The molecule has 8 heteroatoms. The molecule has 0 amide bonds. The third-order valence-corrected chi connectivity index (χ3v) is 5.82. The molecule has 0 aliphatic carbocycles. The van der Waals surface area contributed by atoms with Crippen LogP contribution < -0.4 is 4.74 Å². The molecule has 2 heterocycles. The third-order valence-electron chi connectivity index (χ3n) is 4.51. The molecule has 0 unspecified atom stereocenters. The Balaban J connectivity index is 1.62. The first-order chi connectivity index (χ1) is 12.3. The van der Waals surface area contributed by atoms with E-state index in [0.29, 0.717) is 19.6 Å². The fourth-order valence-corrected chi connectivity index (χ4v) is 4.11. The fraction of sp³-hybridized carbons (Fsp3) is 0.556. The molecule has 1 fully saturated rings. The molecule has 1 aliphatic rings. The zero-order valence-electron chi connectivity index (χ0n) is 15.5. The second kappa shape index (κ2) is 7.75. The molecule has 0 spiro atoms. The van der Waals surface area contributed by atoms with Crippen LogP contribution in [0, 0.1) is 0 Å². The average Bonchev–Trinajstić information content (AvgIpc) is 3.02. The van der Waals surface area contributed by atoms with Crippen molar-refractivity contribution in [3.63, 3.8) is 0 Å². The van der Waals surface area contributed by atoms with Gasteiger partial charge < -0.3 is 4.74 Å². The molecule has 1 aliphatic heterocycles. The zero-order valence-corrected chi connectivity index (χ0v) is 16.3. The van der Waals surface area contributed by atoms with Crippen molar-refractivity contribution in [2.75, 3.05) is 19.3 Å². The van der Waals surface area contributed by atoms with E-state index >= 15 is 0 Å². The van der Waals surface area contributed by atoms with Gasteiger partial charge in [-0.05, 0) is 44.4 Å². The van der Waals surface area contributed by atoms with E-state index in [2.05, 4.69) is 10.3 Å². The van der Waals surface area contributed by atoms with Crippen LogP contribution in [0.5, 0.6) is 5.75 Å². The highest BCUT2D eigenvalue weighted by Gasteiger charge is 2.27. The van der Waals surface area contributed by atoms with Crippen LogP contribution in [0.4, 0.5) is 0 Å². The van der Waals surface area contributed by atoms with Crippen LogP contribution in [-0.2, 0) is 16.6 Å². The standard InChI is InChI=1S/C18H26N4O3S/c1-14(2)25-17-6-4-5-15(11-17)12-21-13-18(19-20-21)16-7-9-22(10-8-16)26(3,23)24/h4-6,11,13-14,16H,7-10,12H2,1-3H3. The van der Waals surface area contributed by atoms with Gasteiger partial charge in [0.1, 0.15) is 5.75 Å². The summed E-state index contributed by atoms with van der Waals surface area (Å²) >= 11 is 0. The second-order valence-electron chi connectivity index (χ2n) is 7.09. The lowest BCUT2D eigenvalue weighted by molar-refractivity contribution is 0.242. The van der Waals surface area contributed by atoms with E-state index < -0.39 is 10.0 Å². The van der Waals surface area contributed by atoms with Crippen LogP contribution in [0.2, 0.25) is 0 Å². The summed E-state index contributed by atoms with van der Waals surface area (Å²) in [5, 5.41) is 8.55. The summed E-state index contributed by atoms with van der Waals surface area (Å²) < 4.78 is 32.3. The van der Waals surface area contributed by atoms with Gasteiger partial charge in [0.05, 0.1) is 24.6 Å². The lowest BCUT2D eigenvalue weighted by atomic mass is 9.95. The number of sulfonamides is 1. The van der Waals surface area contributed by atoms with Crippen LogP contribution in [-0.4, -0.2) is 53.2 Å². The summed E-state index contributed by atoms with van der Waals surface area (Å²) in [6.07, 6.45) is 4.94. The highest BCUT2D eigenvalue weighted by Crippen LogP contribution is 2.27. The molecular weight excluding hydrogens is 352 g/mol. The van der Waals surface area contributed by atoms with Gasteiger partial charge in [-0.25, -0.2) is 17.4 Å². The van der Waals surface area contributed by atoms with E-state index in [1.807, 2.05) is 49.0 Å². The lowest BCUT2D eigenvalue weighted by Gasteiger charge is -2.28. The van der Waals surface area contributed by atoms with Crippen molar-refractivity contribution in [3.8, 4) is 5.75 Å². The highest BCUT2D eigenvalue weighted by atomic mass is 32.2. The summed E-state index contributed by atoms with van der Waals surface area (Å²) in [4.78, 5) is 0. The van der Waals surface area contributed by atoms with Crippen molar-refractivity contribution in [3.05, 3.63) is 41.7 Å². The minimum atomic E-state index is -3.10. The number of ether oxygens (including phenoxy) is 1. The summed E-state index contributed by atoms with van der Waals surface area (Å²) in [5.74, 6) is 1.11. The highest BCUT2D eigenvalue weighted by molar-refractivity contribution is 7.88. The molecule has 142 valence electrons. The van der Waals surface area contributed by atoms with Crippen molar-refractivity contribution in [2.24, 2.45) is 0 Å². The smallest absolute Gasteiger partial charge is 0.211 e. The van der Waals surface area contributed by atoms with Crippen molar-refractivity contribution in [1.82, 2.24) is 19.3 Å². The van der Waals surface area contributed by atoms with Gasteiger partial charge >= 0.3 is 0 Å². The number of aromatic nitrogens is 3. The van der Waals surface area contributed by atoms with E-state index in [1.165, 1.54) is 10.6 Å². The predicted molar refractivity (Wildman–Crippen MR) is 99.7 cm³/mol. The van der Waals surface area contributed by atoms with Gasteiger partial charge in [-0.3, -0.25) is 0 Å². The first-order valence-corrected chi connectivity index (χ1v) is 10.8. The topological polar surface area (TPSA) is 77.3 Å². The Labute approximate surface area is 155 Å². The number of nitrogens with zero attached hydrogens (tertiary/aromatic N) is 4. The molecule has 1 aromatic carbocycles. The van der Waals surface area contributed by atoms with E-state index in [-0.39, 0.29) is 12.0 Å². The van der Waals surface area contributed by atoms with Gasteiger partial charge in [-0.2, -0.15) is 0 Å². The Morgan fingerprint density at radius 3 is 2.65 bits per heavy atom. The van der Waals surface area contributed by atoms with Gasteiger partial charge in [0, 0.05) is 25.2 Å². The molecule has 0 radical (unpaired) electrons. The van der Waals surface area contributed by atoms with Gasteiger partial charge in [0.15, 0.2) is 0 Å². The van der Waals surface area contributed by atoms with Crippen LogP contribution in [0.1, 0.15) is 43.9 Å². The van der Waals surface area contributed by atoms with Gasteiger partial charge in [-0.1, -0.05) is 17.3 Å². The van der Waals surface area contributed by atoms with Crippen LogP contribution >= 0.6 is 0 Å². The maximum Gasteiger partial charge on any atom is 0.211 e. The molecule has 1 aromatic heterocycles. The Hall–Kier alpha value is -1.93. The van der Waals surface area contributed by atoms with Gasteiger partial charge in [0.25, 0.3) is 0 Å². The number of benzene rings is 1. The Kier molecular flexibility index (Phi) is 5.62. The third kappa shape index (κ3) is 4.82. The molecule has 2 aromatic rings. The largest absolute Gasteiger partial charge is 0.491 e. The van der Waals surface area contributed by atoms with Crippen LogP contribution in [0.3, 0.4) is 0 Å². The van der Waals surface area contributed by atoms with Crippen molar-refractivity contribution >= 4 is 10.0 Å². The first kappa shape index (κ1) is 18.8. The van der Waals surface area contributed by atoms with E-state index in [0.717, 1.165) is 29.8 Å². The zero-order chi connectivity index (χ0) is 18.7. The van der Waals surface area contributed by atoms with Crippen LogP contribution in [0.15, 0.2) is 30.5 Å². The van der Waals surface area contributed by atoms with Crippen molar-refractivity contribution in [2.45, 2.75) is 45.3 Å². The summed E-state index contributed by atoms with van der Waals surface area (Å²) in [7, 11) is -3.10. The summed E-state index contributed by atoms with van der Waals surface area (Å²) in [5.41, 5.74) is 2.04. The maximum absolute atomic E-state index is 11.6. The Morgan fingerprint density at radius 2 is 2.00 bits per heavy atom. The molecule has 0 N–H and O–H groups in total. The summed E-state index contributed by atoms with van der Waals surface area (Å²) in [6, 6.07) is 7.99. The number of hydrogen-bond acceptors (Lipinski definition) is 5. The lowest BCUT2D eigenvalue weighted by Crippen LogP contribution is -2.37. The Bertz CT molecular complexity index is 840. The maximum atomic E-state index is 11.6. The minimum absolute atomic E-state index is 0.140. The van der Waals surface area contributed by atoms with E-state index in [4.69, 9.17) is 4.74 Å². The average molecular weight is 378 g/mol. The molecular formula is C18H26N4O3S. The molecule has 7 nitrogen and oxygen atoms in total. The minimum Gasteiger partial charge on any atom is -0.491 e. The van der Waals surface area contributed by atoms with Gasteiger partial charge in [0.2, 0.25) is 10.0 Å². The van der Waals surface area contributed by atoms with E-state index in [1.54, 1.807) is 0 Å². The van der Waals surface area contributed by atoms with Crippen molar-refractivity contribution < 1.29 is 13.2 Å². The predicted octanol–water partition coefficient (Wildman–Crippen LogP) is 2.25. The van der Waals surface area contributed by atoms with E-state index in [9.17, 15) is 8.42 Å². The normalized spacial score (nSPS) is 16.9. The number of rotatable bonds is 6. The SMILES string of the molecule is CC(C)Oc1cccc(Cn2cc(C3CCN(S(C)(=O)=O)CC3)nn2)c1.